The summed E-state index contributed by atoms with van der Waals surface area (Å²) in [5, 5.41) is 0.626. The molecule has 10 rings (SSSR count). The molecule has 278 valence electrons. The number of aromatic nitrogens is 4. The van der Waals surface area contributed by atoms with E-state index >= 15 is 0 Å². The molecule has 10 heteroatoms. The minimum absolute atomic E-state index is 0.127. The molecule has 0 N–H and O–H groups in total. The Morgan fingerprint density at radius 2 is 0.914 bits per heavy atom. The van der Waals surface area contributed by atoms with E-state index in [1.165, 1.54) is 0 Å². The van der Waals surface area contributed by atoms with Gasteiger partial charge in [0, 0.05) is 28.5 Å². The van der Waals surface area contributed by atoms with E-state index in [4.69, 9.17) is 60.2 Å². The number of benzene rings is 6. The summed E-state index contributed by atoms with van der Waals surface area (Å²) in [6, 6.07) is 50.9. The summed E-state index contributed by atoms with van der Waals surface area (Å²) in [4.78, 5) is 18.9. The summed E-state index contributed by atoms with van der Waals surface area (Å²) in [6.45, 7) is 0. The van der Waals surface area contributed by atoms with Gasteiger partial charge in [-0.25, -0.2) is 15.0 Å². The molecule has 0 aliphatic carbocycles. The van der Waals surface area contributed by atoms with Crippen molar-refractivity contribution >= 4 is 68.6 Å². The molecule has 0 bridgehead atoms. The van der Waals surface area contributed by atoms with Crippen molar-refractivity contribution < 1.29 is 8.83 Å². The van der Waals surface area contributed by atoms with Crippen LogP contribution in [0.1, 0.15) is 0 Å². The summed E-state index contributed by atoms with van der Waals surface area (Å²) in [6.07, 6.45) is 1.78. The summed E-state index contributed by atoms with van der Waals surface area (Å²) < 4.78 is 11.9. The lowest BCUT2D eigenvalue weighted by Crippen LogP contribution is -1.94. The predicted octanol–water partition coefficient (Wildman–Crippen LogP) is 15.0. The Bertz CT molecular complexity index is 3050. The van der Waals surface area contributed by atoms with Gasteiger partial charge in [-0.1, -0.05) is 137 Å². The highest BCUT2D eigenvalue weighted by molar-refractivity contribution is 6.54. The predicted molar refractivity (Wildman–Crippen MR) is 235 cm³/mol. The van der Waals surface area contributed by atoms with Crippen LogP contribution in [-0.4, -0.2) is 19.9 Å². The standard InChI is InChI=1S/C48H26Cl4N4O2/c49-40-41(50)43(52)46-45(42(40)51)56-48(58-46)34-22-14-30(15-23-34)28-10-18-32(19-11-28)44-35(24-25-37(54-44)36-5-3-4-26-53-36)31-16-8-27(9-17-31)29-12-20-33(21-13-29)47-55-38-6-1-2-7-39(38)57-47/h1-26H. The van der Waals surface area contributed by atoms with E-state index in [1.807, 2.05) is 84.9 Å². The molecule has 0 saturated carbocycles. The number of halogens is 4. The van der Waals surface area contributed by atoms with Crippen LogP contribution in [0.15, 0.2) is 167 Å². The van der Waals surface area contributed by atoms with Crippen LogP contribution in [0.25, 0.3) is 101 Å². The van der Waals surface area contributed by atoms with Crippen molar-refractivity contribution in [2.75, 3.05) is 0 Å². The van der Waals surface area contributed by atoms with Crippen molar-refractivity contribution in [3.05, 3.63) is 178 Å². The summed E-state index contributed by atoms with van der Waals surface area (Å²) in [5.41, 5.74) is 13.7. The molecule has 0 fully saturated rings. The number of fused-ring (bicyclic) bond motifs is 2. The van der Waals surface area contributed by atoms with Gasteiger partial charge in [0.2, 0.25) is 11.8 Å². The van der Waals surface area contributed by atoms with Gasteiger partial charge in [0.05, 0.1) is 32.1 Å². The molecule has 0 spiro atoms. The van der Waals surface area contributed by atoms with E-state index in [0.717, 1.165) is 78.3 Å². The normalized spacial score (nSPS) is 11.4. The molecule has 10 aromatic rings. The summed E-state index contributed by atoms with van der Waals surface area (Å²) >= 11 is 25.3. The number of para-hydroxylation sites is 2. The number of hydrogen-bond donors (Lipinski definition) is 0. The number of oxazole rings is 2. The van der Waals surface area contributed by atoms with Gasteiger partial charge in [-0.2, -0.15) is 0 Å². The number of nitrogens with zero attached hydrogens (tertiary/aromatic N) is 4. The van der Waals surface area contributed by atoms with Crippen molar-refractivity contribution in [3.63, 3.8) is 0 Å². The molecule has 6 aromatic carbocycles. The van der Waals surface area contributed by atoms with Crippen molar-refractivity contribution in [1.29, 1.82) is 0 Å². The molecule has 0 saturated heterocycles. The van der Waals surface area contributed by atoms with Crippen molar-refractivity contribution in [2.45, 2.75) is 0 Å². The smallest absolute Gasteiger partial charge is 0.227 e. The molecule has 0 unspecified atom stereocenters. The van der Waals surface area contributed by atoms with Gasteiger partial charge in [0.1, 0.15) is 16.1 Å². The Morgan fingerprint density at radius 1 is 0.379 bits per heavy atom. The quantitative estimate of drug-likeness (QED) is 0.118. The maximum atomic E-state index is 6.40. The first kappa shape index (κ1) is 36.1. The van der Waals surface area contributed by atoms with E-state index < -0.39 is 0 Å². The third-order valence-electron chi connectivity index (χ3n) is 10.0. The maximum Gasteiger partial charge on any atom is 0.227 e. The van der Waals surface area contributed by atoms with Crippen LogP contribution in [0.5, 0.6) is 0 Å². The number of hydrogen-bond acceptors (Lipinski definition) is 6. The Kier molecular flexibility index (Phi) is 9.27. The first-order chi connectivity index (χ1) is 28.4. The van der Waals surface area contributed by atoms with Gasteiger partial charge in [-0.3, -0.25) is 4.98 Å². The second-order valence-corrected chi connectivity index (χ2v) is 15.1. The fourth-order valence-electron chi connectivity index (χ4n) is 6.98. The average Bonchev–Trinajstić information content (AvgIpc) is 3.94. The maximum absolute atomic E-state index is 6.40. The van der Waals surface area contributed by atoms with Crippen LogP contribution < -0.4 is 0 Å². The monoisotopic (exact) mass is 830 g/mol. The van der Waals surface area contributed by atoms with E-state index in [9.17, 15) is 0 Å². The van der Waals surface area contributed by atoms with E-state index in [1.54, 1.807) is 6.20 Å². The molecule has 6 nitrogen and oxygen atoms in total. The van der Waals surface area contributed by atoms with Crippen molar-refractivity contribution in [2.24, 2.45) is 0 Å². The Hall–Kier alpha value is -6.28. The lowest BCUT2D eigenvalue weighted by Gasteiger charge is -2.13. The van der Waals surface area contributed by atoms with Crippen LogP contribution in [0.3, 0.4) is 0 Å². The first-order valence-electron chi connectivity index (χ1n) is 18.2. The van der Waals surface area contributed by atoms with Crippen LogP contribution in [0, 0.1) is 0 Å². The molecule has 4 heterocycles. The lowest BCUT2D eigenvalue weighted by atomic mass is 9.95. The van der Waals surface area contributed by atoms with E-state index in [-0.39, 0.29) is 25.7 Å². The van der Waals surface area contributed by atoms with Crippen molar-refractivity contribution in [3.8, 4) is 78.9 Å². The number of pyridine rings is 2. The average molecular weight is 833 g/mol. The number of rotatable bonds is 7. The van der Waals surface area contributed by atoms with Gasteiger partial charge in [-0.15, -0.1) is 0 Å². The minimum Gasteiger partial charge on any atom is -0.436 e. The van der Waals surface area contributed by atoms with Gasteiger partial charge in [-0.05, 0) is 88.5 Å². The Balaban J connectivity index is 0.940. The lowest BCUT2D eigenvalue weighted by molar-refractivity contribution is 0.619. The molecule has 0 atom stereocenters. The molecule has 0 amide bonds. The minimum atomic E-state index is 0.127. The second-order valence-electron chi connectivity index (χ2n) is 13.6. The van der Waals surface area contributed by atoms with E-state index in [0.29, 0.717) is 17.3 Å². The van der Waals surface area contributed by atoms with Crippen LogP contribution in [-0.2, 0) is 0 Å². The zero-order chi connectivity index (χ0) is 39.3. The van der Waals surface area contributed by atoms with Gasteiger partial charge in [0.15, 0.2) is 11.2 Å². The Labute approximate surface area is 352 Å². The highest BCUT2D eigenvalue weighted by Crippen LogP contribution is 2.44. The van der Waals surface area contributed by atoms with Crippen molar-refractivity contribution in [1.82, 2.24) is 19.9 Å². The zero-order valence-corrected chi connectivity index (χ0v) is 33.2. The van der Waals surface area contributed by atoms with Gasteiger partial charge in [0.25, 0.3) is 0 Å². The molecule has 0 radical (unpaired) electrons. The van der Waals surface area contributed by atoms with Gasteiger partial charge >= 0.3 is 0 Å². The van der Waals surface area contributed by atoms with Gasteiger partial charge < -0.3 is 8.83 Å². The summed E-state index contributed by atoms with van der Waals surface area (Å²) in [7, 11) is 0. The fraction of sp³-hybridized carbons (Fsp3) is 0. The van der Waals surface area contributed by atoms with Crippen LogP contribution in [0.4, 0.5) is 0 Å². The molecule has 0 aliphatic heterocycles. The second kappa shape index (κ2) is 14.9. The van der Waals surface area contributed by atoms with E-state index in [2.05, 4.69) is 81.7 Å². The first-order valence-corrected chi connectivity index (χ1v) is 19.7. The molecule has 58 heavy (non-hydrogen) atoms. The molecule has 4 aromatic heterocycles. The summed E-state index contributed by atoms with van der Waals surface area (Å²) in [5.74, 6) is 0.961. The molecular formula is C48H26Cl4N4O2. The highest BCUT2D eigenvalue weighted by atomic mass is 35.5. The zero-order valence-electron chi connectivity index (χ0n) is 30.1. The largest absolute Gasteiger partial charge is 0.436 e. The topological polar surface area (TPSA) is 77.8 Å². The highest BCUT2D eigenvalue weighted by Gasteiger charge is 2.21. The molecule has 0 aliphatic rings. The molecular weight excluding hydrogens is 806 g/mol. The fourth-order valence-corrected chi connectivity index (χ4v) is 7.88. The Morgan fingerprint density at radius 3 is 1.52 bits per heavy atom. The third kappa shape index (κ3) is 6.60. The SMILES string of the molecule is Clc1c(Cl)c(Cl)c2oc(-c3ccc(-c4ccc(-c5nc(-c6ccccn6)ccc5-c5ccc(-c6ccc(-c7nc8ccccc8o7)cc6)cc5)cc4)cc3)nc2c1Cl. The third-order valence-corrected chi connectivity index (χ3v) is 11.8. The van der Waals surface area contributed by atoms with Crippen LogP contribution >= 0.6 is 46.4 Å². The van der Waals surface area contributed by atoms with Crippen LogP contribution in [0.2, 0.25) is 20.1 Å².